The molecule has 1 N–H and O–H groups in total. The third-order valence-electron chi connectivity index (χ3n) is 5.13. The summed E-state index contributed by atoms with van der Waals surface area (Å²) in [4.78, 5) is 37.9. The largest absolute Gasteiger partial charge is 0.353 e. The van der Waals surface area contributed by atoms with Crippen molar-refractivity contribution in [3.05, 3.63) is 12.2 Å². The first-order valence-corrected chi connectivity index (χ1v) is 8.46. The van der Waals surface area contributed by atoms with Gasteiger partial charge in [-0.15, -0.1) is 0 Å². The summed E-state index contributed by atoms with van der Waals surface area (Å²) in [6, 6.07) is 0.276. The number of rotatable bonds is 4. The summed E-state index contributed by atoms with van der Waals surface area (Å²) in [7, 11) is 0. The minimum atomic E-state index is -0.195. The van der Waals surface area contributed by atoms with Crippen LogP contribution in [0.1, 0.15) is 51.4 Å². The number of carbonyl (C=O) groups excluding carboxylic acids is 3. The van der Waals surface area contributed by atoms with E-state index in [2.05, 4.69) is 5.32 Å². The molecule has 120 valence electrons. The lowest BCUT2D eigenvalue weighted by atomic mass is 9.85. The molecule has 3 amide bonds. The number of nitrogens with zero attached hydrogens (tertiary/aromatic N) is 1. The highest BCUT2D eigenvalue weighted by Gasteiger charge is 2.46. The molecule has 5 nitrogen and oxygen atoms in total. The fourth-order valence-electron chi connectivity index (χ4n) is 3.85. The standard InChI is InChI=1S/C17H24N2O3/c20-15(18-12-6-2-1-3-7-12)10-11-19-16(21)13-8-4-5-9-14(13)17(19)22/h4-5,12-14H,1-3,6-11H2,(H,18,20)/t13-,14-/m0/s1. The Kier molecular flexibility index (Phi) is 4.60. The summed E-state index contributed by atoms with van der Waals surface area (Å²) < 4.78 is 0. The second-order valence-electron chi connectivity index (χ2n) is 6.64. The second kappa shape index (κ2) is 6.63. The molecule has 2 atom stereocenters. The highest BCUT2D eigenvalue weighted by molar-refractivity contribution is 6.05. The minimum Gasteiger partial charge on any atom is -0.353 e. The third-order valence-corrected chi connectivity index (χ3v) is 5.13. The van der Waals surface area contributed by atoms with E-state index < -0.39 is 0 Å². The van der Waals surface area contributed by atoms with Crippen LogP contribution in [-0.2, 0) is 14.4 Å². The predicted octanol–water partition coefficient (Wildman–Crippen LogP) is 1.78. The normalized spacial score (nSPS) is 28.8. The van der Waals surface area contributed by atoms with E-state index in [4.69, 9.17) is 0 Å². The fraction of sp³-hybridized carbons (Fsp3) is 0.706. The molecule has 1 heterocycles. The molecule has 0 aromatic carbocycles. The molecule has 0 unspecified atom stereocenters. The van der Waals surface area contributed by atoms with Gasteiger partial charge in [0.25, 0.3) is 0 Å². The van der Waals surface area contributed by atoms with E-state index in [1.165, 1.54) is 24.2 Å². The Bertz CT molecular complexity index is 468. The van der Waals surface area contributed by atoms with Gasteiger partial charge in [-0.1, -0.05) is 31.4 Å². The Morgan fingerprint density at radius 1 is 1.05 bits per heavy atom. The Morgan fingerprint density at radius 3 is 2.23 bits per heavy atom. The summed E-state index contributed by atoms with van der Waals surface area (Å²) in [6.45, 7) is 0.225. The van der Waals surface area contributed by atoms with E-state index in [1.807, 2.05) is 12.2 Å². The zero-order valence-electron chi connectivity index (χ0n) is 12.9. The first-order valence-electron chi connectivity index (χ1n) is 8.46. The van der Waals surface area contributed by atoms with Crippen LogP contribution in [0.2, 0.25) is 0 Å². The highest BCUT2D eigenvalue weighted by atomic mass is 16.2. The molecule has 5 heteroatoms. The molecule has 0 radical (unpaired) electrons. The van der Waals surface area contributed by atoms with Crippen molar-refractivity contribution in [2.24, 2.45) is 11.8 Å². The summed E-state index contributed by atoms with van der Waals surface area (Å²) in [5.74, 6) is -0.618. The van der Waals surface area contributed by atoms with Crippen molar-refractivity contribution in [1.29, 1.82) is 0 Å². The fourth-order valence-corrected chi connectivity index (χ4v) is 3.85. The zero-order chi connectivity index (χ0) is 15.5. The van der Waals surface area contributed by atoms with Crippen LogP contribution in [0.5, 0.6) is 0 Å². The topological polar surface area (TPSA) is 66.5 Å². The second-order valence-corrected chi connectivity index (χ2v) is 6.64. The van der Waals surface area contributed by atoms with E-state index in [9.17, 15) is 14.4 Å². The predicted molar refractivity (Wildman–Crippen MR) is 81.7 cm³/mol. The lowest BCUT2D eigenvalue weighted by molar-refractivity contribution is -0.140. The lowest BCUT2D eigenvalue weighted by Gasteiger charge is -2.23. The van der Waals surface area contributed by atoms with Gasteiger partial charge in [-0.05, 0) is 25.7 Å². The van der Waals surface area contributed by atoms with Crippen molar-refractivity contribution in [3.63, 3.8) is 0 Å². The Labute approximate surface area is 131 Å². The van der Waals surface area contributed by atoms with Gasteiger partial charge in [0.1, 0.15) is 0 Å². The van der Waals surface area contributed by atoms with Gasteiger partial charge in [-0.25, -0.2) is 0 Å². The quantitative estimate of drug-likeness (QED) is 0.636. The van der Waals surface area contributed by atoms with Crippen molar-refractivity contribution in [2.45, 2.75) is 57.4 Å². The van der Waals surface area contributed by atoms with Crippen LogP contribution in [0.15, 0.2) is 12.2 Å². The van der Waals surface area contributed by atoms with Crippen molar-refractivity contribution < 1.29 is 14.4 Å². The minimum absolute atomic E-state index is 0.0412. The maximum atomic E-state index is 12.3. The van der Waals surface area contributed by atoms with Crippen molar-refractivity contribution >= 4 is 17.7 Å². The monoisotopic (exact) mass is 304 g/mol. The van der Waals surface area contributed by atoms with Gasteiger partial charge >= 0.3 is 0 Å². The molecule has 0 aromatic rings. The summed E-state index contributed by atoms with van der Waals surface area (Å²) in [6.07, 6.45) is 11.2. The van der Waals surface area contributed by atoms with Crippen molar-refractivity contribution in [1.82, 2.24) is 10.2 Å². The number of carbonyl (C=O) groups is 3. The number of hydrogen-bond donors (Lipinski definition) is 1. The van der Waals surface area contributed by atoms with E-state index in [0.29, 0.717) is 12.8 Å². The van der Waals surface area contributed by atoms with E-state index in [-0.39, 0.29) is 48.6 Å². The van der Waals surface area contributed by atoms with Gasteiger partial charge in [0.15, 0.2) is 0 Å². The highest BCUT2D eigenvalue weighted by Crippen LogP contribution is 2.34. The smallest absolute Gasteiger partial charge is 0.233 e. The average molecular weight is 304 g/mol. The summed E-state index contributed by atoms with van der Waals surface area (Å²) in [5, 5.41) is 3.03. The number of likely N-dealkylation sites (tertiary alicyclic amines) is 1. The number of nitrogens with one attached hydrogen (secondary N) is 1. The van der Waals surface area contributed by atoms with E-state index >= 15 is 0 Å². The SMILES string of the molecule is O=C(CCN1C(=O)[C@H]2CC=CC[C@@H]2C1=O)NC1CCCCC1. The Hall–Kier alpha value is -1.65. The molecular formula is C17H24N2O3. The molecule has 0 bridgehead atoms. The number of allylic oxidation sites excluding steroid dienone is 2. The number of hydrogen-bond acceptors (Lipinski definition) is 3. The van der Waals surface area contributed by atoms with Crippen LogP contribution in [0.4, 0.5) is 0 Å². The number of fused-ring (bicyclic) bond motifs is 1. The van der Waals surface area contributed by atoms with Gasteiger partial charge < -0.3 is 5.32 Å². The molecule has 1 saturated heterocycles. The molecule has 22 heavy (non-hydrogen) atoms. The molecule has 2 aliphatic carbocycles. The van der Waals surface area contributed by atoms with Gasteiger partial charge in [0.05, 0.1) is 11.8 Å². The van der Waals surface area contributed by atoms with Crippen molar-refractivity contribution in [3.8, 4) is 0 Å². The maximum absolute atomic E-state index is 12.3. The molecule has 0 aromatic heterocycles. The summed E-state index contributed by atoms with van der Waals surface area (Å²) >= 11 is 0. The summed E-state index contributed by atoms with van der Waals surface area (Å²) in [5.41, 5.74) is 0. The Balaban J connectivity index is 1.49. The van der Waals surface area contributed by atoms with Crippen molar-refractivity contribution in [2.75, 3.05) is 6.54 Å². The van der Waals surface area contributed by atoms with Crippen LogP contribution >= 0.6 is 0 Å². The first kappa shape index (κ1) is 15.3. The average Bonchev–Trinajstić information content (AvgIpc) is 2.78. The van der Waals surface area contributed by atoms with Gasteiger partial charge in [-0.2, -0.15) is 0 Å². The van der Waals surface area contributed by atoms with Crippen LogP contribution in [0, 0.1) is 11.8 Å². The van der Waals surface area contributed by atoms with E-state index in [0.717, 1.165) is 12.8 Å². The molecule has 3 rings (SSSR count). The van der Waals surface area contributed by atoms with Gasteiger partial charge in [0.2, 0.25) is 17.7 Å². The molecule has 1 aliphatic heterocycles. The number of amides is 3. The maximum Gasteiger partial charge on any atom is 0.233 e. The van der Waals surface area contributed by atoms with Crippen LogP contribution in [0.25, 0.3) is 0 Å². The molecule has 1 saturated carbocycles. The van der Waals surface area contributed by atoms with Crippen LogP contribution in [-0.4, -0.2) is 35.2 Å². The molecule has 2 fully saturated rings. The van der Waals surface area contributed by atoms with E-state index in [1.54, 1.807) is 0 Å². The van der Waals surface area contributed by atoms with Gasteiger partial charge in [0, 0.05) is 19.0 Å². The first-order chi connectivity index (χ1) is 10.7. The van der Waals surface area contributed by atoms with Gasteiger partial charge in [-0.3, -0.25) is 19.3 Å². The van der Waals surface area contributed by atoms with Crippen LogP contribution in [0.3, 0.4) is 0 Å². The lowest BCUT2D eigenvalue weighted by Crippen LogP contribution is -2.39. The van der Waals surface area contributed by atoms with Crippen LogP contribution < -0.4 is 5.32 Å². The third kappa shape index (κ3) is 3.08. The zero-order valence-corrected chi connectivity index (χ0v) is 12.9. The number of imide groups is 1. The molecule has 0 spiro atoms. The molecular weight excluding hydrogens is 280 g/mol. The Morgan fingerprint density at radius 2 is 1.64 bits per heavy atom. The molecule has 3 aliphatic rings.